The number of amides is 1. The highest BCUT2D eigenvalue weighted by Gasteiger charge is 2.04. The molecule has 0 saturated heterocycles. The molecule has 0 aliphatic carbocycles. The summed E-state index contributed by atoms with van der Waals surface area (Å²) in [6, 6.07) is 7.43. The molecule has 0 atom stereocenters. The zero-order chi connectivity index (χ0) is 15.0. The SMILES string of the molecule is CC/C(=N/NC(=O)CNc1cccc(OC)c1)C(C)C. The number of benzene rings is 1. The number of nitrogens with zero attached hydrogens (tertiary/aromatic N) is 1. The van der Waals surface area contributed by atoms with Crippen LogP contribution in [0.25, 0.3) is 0 Å². The molecule has 5 heteroatoms. The van der Waals surface area contributed by atoms with Crippen molar-refractivity contribution in [2.45, 2.75) is 27.2 Å². The normalized spacial score (nSPS) is 11.3. The van der Waals surface area contributed by atoms with Crippen molar-refractivity contribution in [3.8, 4) is 5.75 Å². The number of carbonyl (C=O) groups is 1. The predicted octanol–water partition coefficient (Wildman–Crippen LogP) is 2.65. The van der Waals surface area contributed by atoms with Crippen molar-refractivity contribution in [3.05, 3.63) is 24.3 Å². The molecule has 1 aromatic rings. The van der Waals surface area contributed by atoms with Gasteiger partial charge in [-0.2, -0.15) is 5.10 Å². The van der Waals surface area contributed by atoms with Gasteiger partial charge < -0.3 is 10.1 Å². The Hall–Kier alpha value is -2.04. The van der Waals surface area contributed by atoms with E-state index in [0.717, 1.165) is 23.6 Å². The molecule has 0 aliphatic heterocycles. The van der Waals surface area contributed by atoms with Crippen LogP contribution in [0.2, 0.25) is 0 Å². The molecule has 0 aromatic heterocycles. The van der Waals surface area contributed by atoms with E-state index in [0.29, 0.717) is 5.92 Å². The Balaban J connectivity index is 2.47. The predicted molar refractivity (Wildman–Crippen MR) is 82.2 cm³/mol. The van der Waals surface area contributed by atoms with Crippen LogP contribution in [0.15, 0.2) is 29.4 Å². The average molecular weight is 277 g/mol. The van der Waals surface area contributed by atoms with Gasteiger partial charge in [0.1, 0.15) is 5.75 Å². The number of nitrogens with one attached hydrogen (secondary N) is 2. The molecule has 1 aromatic carbocycles. The lowest BCUT2D eigenvalue weighted by Gasteiger charge is -2.09. The number of hydrazone groups is 1. The molecular weight excluding hydrogens is 254 g/mol. The van der Waals surface area contributed by atoms with E-state index in [1.54, 1.807) is 7.11 Å². The molecular formula is C15H23N3O2. The van der Waals surface area contributed by atoms with Gasteiger partial charge in [-0.05, 0) is 24.5 Å². The second kappa shape index (κ2) is 8.19. The summed E-state index contributed by atoms with van der Waals surface area (Å²) in [5.74, 6) is 0.924. The van der Waals surface area contributed by atoms with Gasteiger partial charge in [-0.1, -0.05) is 26.8 Å². The van der Waals surface area contributed by atoms with Gasteiger partial charge in [0.15, 0.2) is 0 Å². The van der Waals surface area contributed by atoms with Gasteiger partial charge in [-0.3, -0.25) is 4.79 Å². The van der Waals surface area contributed by atoms with Crippen LogP contribution in [-0.2, 0) is 4.79 Å². The topological polar surface area (TPSA) is 62.7 Å². The number of methoxy groups -OCH3 is 1. The summed E-state index contributed by atoms with van der Waals surface area (Å²) in [5, 5.41) is 7.17. The number of anilines is 1. The van der Waals surface area contributed by atoms with Crippen molar-refractivity contribution in [2.75, 3.05) is 19.0 Å². The minimum Gasteiger partial charge on any atom is -0.497 e. The Kier molecular flexibility index (Phi) is 6.56. The molecule has 0 heterocycles. The molecule has 2 N–H and O–H groups in total. The largest absolute Gasteiger partial charge is 0.497 e. The first-order chi connectivity index (χ1) is 9.56. The molecule has 0 fully saturated rings. The van der Waals surface area contributed by atoms with E-state index in [9.17, 15) is 4.79 Å². The molecule has 0 radical (unpaired) electrons. The second-order valence-electron chi connectivity index (χ2n) is 4.73. The summed E-state index contributed by atoms with van der Waals surface area (Å²) in [6.07, 6.45) is 0.835. The van der Waals surface area contributed by atoms with Gasteiger partial charge in [0.05, 0.1) is 13.7 Å². The van der Waals surface area contributed by atoms with Crippen molar-refractivity contribution in [1.29, 1.82) is 0 Å². The van der Waals surface area contributed by atoms with Crippen molar-refractivity contribution in [1.82, 2.24) is 5.43 Å². The van der Waals surface area contributed by atoms with E-state index in [1.165, 1.54) is 0 Å². The first kappa shape index (κ1) is 16.0. The van der Waals surface area contributed by atoms with E-state index in [-0.39, 0.29) is 12.5 Å². The quantitative estimate of drug-likeness (QED) is 0.595. The van der Waals surface area contributed by atoms with Gasteiger partial charge in [0, 0.05) is 17.5 Å². The second-order valence-corrected chi connectivity index (χ2v) is 4.73. The summed E-state index contributed by atoms with van der Waals surface area (Å²) in [7, 11) is 1.61. The maximum Gasteiger partial charge on any atom is 0.259 e. The first-order valence-corrected chi connectivity index (χ1v) is 6.80. The van der Waals surface area contributed by atoms with Gasteiger partial charge in [0.25, 0.3) is 5.91 Å². The van der Waals surface area contributed by atoms with Gasteiger partial charge >= 0.3 is 0 Å². The summed E-state index contributed by atoms with van der Waals surface area (Å²) < 4.78 is 5.12. The number of hydrogen-bond donors (Lipinski definition) is 2. The lowest BCUT2D eigenvalue weighted by Crippen LogP contribution is -2.27. The average Bonchev–Trinajstić information content (AvgIpc) is 2.45. The number of carbonyl (C=O) groups excluding carboxylic acids is 1. The Morgan fingerprint density at radius 3 is 2.75 bits per heavy atom. The third-order valence-corrected chi connectivity index (χ3v) is 2.88. The van der Waals surface area contributed by atoms with Crippen LogP contribution in [-0.4, -0.2) is 25.3 Å². The van der Waals surface area contributed by atoms with E-state index < -0.39 is 0 Å². The van der Waals surface area contributed by atoms with Crippen LogP contribution in [0.5, 0.6) is 5.75 Å². The van der Waals surface area contributed by atoms with Crippen molar-refractivity contribution in [3.63, 3.8) is 0 Å². The Morgan fingerprint density at radius 2 is 2.15 bits per heavy atom. The van der Waals surface area contributed by atoms with Crippen molar-refractivity contribution < 1.29 is 9.53 Å². The summed E-state index contributed by atoms with van der Waals surface area (Å²) in [5.41, 5.74) is 4.39. The van der Waals surface area contributed by atoms with Crippen LogP contribution in [0.1, 0.15) is 27.2 Å². The molecule has 0 aliphatic rings. The van der Waals surface area contributed by atoms with E-state index in [1.807, 2.05) is 31.2 Å². The fourth-order valence-electron chi connectivity index (χ4n) is 1.71. The Bertz CT molecular complexity index is 470. The lowest BCUT2D eigenvalue weighted by molar-refractivity contribution is -0.119. The van der Waals surface area contributed by atoms with Crippen LogP contribution in [0.4, 0.5) is 5.69 Å². The molecule has 0 bridgehead atoms. The number of rotatable bonds is 7. The van der Waals surface area contributed by atoms with Gasteiger partial charge in [-0.25, -0.2) is 5.43 Å². The maximum atomic E-state index is 11.7. The summed E-state index contributed by atoms with van der Waals surface area (Å²) >= 11 is 0. The Labute approximate surface area is 120 Å². The third kappa shape index (κ3) is 5.30. The monoisotopic (exact) mass is 277 g/mol. The molecule has 110 valence electrons. The minimum absolute atomic E-state index is 0.167. The highest BCUT2D eigenvalue weighted by molar-refractivity contribution is 5.88. The van der Waals surface area contributed by atoms with Crippen LogP contribution in [0, 0.1) is 5.92 Å². The molecule has 0 saturated carbocycles. The zero-order valence-corrected chi connectivity index (χ0v) is 12.6. The van der Waals surface area contributed by atoms with E-state index in [4.69, 9.17) is 4.74 Å². The Morgan fingerprint density at radius 1 is 1.40 bits per heavy atom. The molecule has 5 nitrogen and oxygen atoms in total. The third-order valence-electron chi connectivity index (χ3n) is 2.88. The van der Waals surface area contributed by atoms with E-state index in [2.05, 4.69) is 29.7 Å². The number of ether oxygens (including phenoxy) is 1. The first-order valence-electron chi connectivity index (χ1n) is 6.80. The van der Waals surface area contributed by atoms with Crippen molar-refractivity contribution >= 4 is 17.3 Å². The van der Waals surface area contributed by atoms with Crippen LogP contribution >= 0.6 is 0 Å². The van der Waals surface area contributed by atoms with Crippen molar-refractivity contribution in [2.24, 2.45) is 11.0 Å². The van der Waals surface area contributed by atoms with Crippen LogP contribution < -0.4 is 15.5 Å². The fraction of sp³-hybridized carbons (Fsp3) is 0.467. The molecule has 20 heavy (non-hydrogen) atoms. The van der Waals surface area contributed by atoms with Crippen LogP contribution in [0.3, 0.4) is 0 Å². The number of hydrogen-bond acceptors (Lipinski definition) is 4. The highest BCUT2D eigenvalue weighted by atomic mass is 16.5. The molecule has 1 rings (SSSR count). The smallest absolute Gasteiger partial charge is 0.259 e. The standard InChI is InChI=1S/C15H23N3O2/c1-5-14(11(2)3)17-18-15(19)10-16-12-7-6-8-13(9-12)20-4/h6-9,11,16H,5,10H2,1-4H3,(H,18,19)/b17-14-. The minimum atomic E-state index is -0.167. The fourth-order valence-corrected chi connectivity index (χ4v) is 1.71. The summed E-state index contributed by atoms with van der Waals surface area (Å²) in [4.78, 5) is 11.7. The molecule has 1 amide bonds. The maximum absolute atomic E-state index is 11.7. The van der Waals surface area contributed by atoms with E-state index >= 15 is 0 Å². The molecule has 0 unspecified atom stereocenters. The summed E-state index contributed by atoms with van der Waals surface area (Å²) in [6.45, 7) is 6.32. The zero-order valence-electron chi connectivity index (χ0n) is 12.6. The van der Waals surface area contributed by atoms with Gasteiger partial charge in [-0.15, -0.1) is 0 Å². The lowest BCUT2D eigenvalue weighted by atomic mass is 10.1. The highest BCUT2D eigenvalue weighted by Crippen LogP contribution is 2.16. The van der Waals surface area contributed by atoms with Gasteiger partial charge in [0.2, 0.25) is 0 Å². The molecule has 0 spiro atoms.